The summed E-state index contributed by atoms with van der Waals surface area (Å²) in [5.74, 6) is -0.772. The lowest BCUT2D eigenvalue weighted by molar-refractivity contribution is -0.166. The van der Waals surface area contributed by atoms with Gasteiger partial charge in [0.1, 0.15) is 5.76 Å². The van der Waals surface area contributed by atoms with Gasteiger partial charge in [0.25, 0.3) is 5.91 Å². The summed E-state index contributed by atoms with van der Waals surface area (Å²) < 4.78 is 22.2. The molecule has 0 N–H and O–H groups in total. The maximum atomic E-state index is 13.0. The molecule has 7 heteroatoms. The second kappa shape index (κ2) is 8.92. The van der Waals surface area contributed by atoms with Crippen molar-refractivity contribution in [1.82, 2.24) is 4.90 Å². The maximum Gasteiger partial charge on any atom is 0.333 e. The van der Waals surface area contributed by atoms with Gasteiger partial charge in [-0.1, -0.05) is 13.5 Å². The summed E-state index contributed by atoms with van der Waals surface area (Å²) in [6, 6.07) is 0. The zero-order valence-corrected chi connectivity index (χ0v) is 17.5. The first kappa shape index (κ1) is 22.2. The van der Waals surface area contributed by atoms with Crippen LogP contribution in [0.2, 0.25) is 0 Å². The van der Waals surface area contributed by atoms with E-state index in [4.69, 9.17) is 18.9 Å². The molecule has 0 aromatic rings. The fraction of sp³-hybridized carbons (Fsp3) is 0.619. The van der Waals surface area contributed by atoms with Crippen LogP contribution in [0.5, 0.6) is 0 Å². The molecule has 2 aliphatic heterocycles. The minimum atomic E-state index is -1.02. The molecule has 156 valence electrons. The van der Waals surface area contributed by atoms with Gasteiger partial charge in [-0.05, 0) is 45.8 Å². The largest absolute Gasteiger partial charge is 0.476 e. The van der Waals surface area contributed by atoms with Gasteiger partial charge < -0.3 is 23.8 Å². The summed E-state index contributed by atoms with van der Waals surface area (Å²) in [4.78, 5) is 26.5. The van der Waals surface area contributed by atoms with Crippen molar-refractivity contribution in [2.75, 3.05) is 26.9 Å². The number of hydrogen-bond donors (Lipinski definition) is 0. The number of esters is 1. The molecule has 0 bridgehead atoms. The van der Waals surface area contributed by atoms with E-state index in [1.54, 1.807) is 37.8 Å². The fourth-order valence-corrected chi connectivity index (χ4v) is 3.41. The van der Waals surface area contributed by atoms with Crippen LogP contribution >= 0.6 is 0 Å². The zero-order valence-electron chi connectivity index (χ0n) is 17.5. The highest BCUT2D eigenvalue weighted by molar-refractivity contribution is 5.90. The third-order valence-electron chi connectivity index (χ3n) is 5.01. The highest BCUT2D eigenvalue weighted by atomic mass is 16.7. The van der Waals surface area contributed by atoms with Crippen LogP contribution in [0.15, 0.2) is 35.8 Å². The summed E-state index contributed by atoms with van der Waals surface area (Å²) in [7, 11) is 1.32. The molecule has 0 saturated carbocycles. The molecule has 0 aliphatic carbocycles. The van der Waals surface area contributed by atoms with Crippen LogP contribution in [-0.4, -0.2) is 55.0 Å². The minimum Gasteiger partial charge on any atom is -0.476 e. The van der Waals surface area contributed by atoms with Crippen LogP contribution in [0, 0.1) is 0 Å². The van der Waals surface area contributed by atoms with Crippen molar-refractivity contribution in [1.29, 1.82) is 0 Å². The van der Waals surface area contributed by atoms with E-state index in [9.17, 15) is 9.59 Å². The molecular weight excluding hydrogens is 362 g/mol. The molecule has 0 spiro atoms. The average Bonchev–Trinajstić information content (AvgIpc) is 3.15. The second-order valence-corrected chi connectivity index (χ2v) is 7.41. The van der Waals surface area contributed by atoms with Crippen molar-refractivity contribution in [2.45, 2.75) is 58.3 Å². The molecule has 0 aromatic carbocycles. The lowest BCUT2D eigenvalue weighted by Crippen LogP contribution is -2.50. The van der Waals surface area contributed by atoms with Crippen molar-refractivity contribution < 1.29 is 28.5 Å². The van der Waals surface area contributed by atoms with Crippen molar-refractivity contribution in [3.63, 3.8) is 0 Å². The maximum absolute atomic E-state index is 13.0. The highest BCUT2D eigenvalue weighted by Crippen LogP contribution is 2.33. The van der Waals surface area contributed by atoms with Gasteiger partial charge in [-0.2, -0.15) is 0 Å². The smallest absolute Gasteiger partial charge is 0.333 e. The Labute approximate surface area is 166 Å². The number of amides is 1. The quantitative estimate of drug-likeness (QED) is 0.466. The molecule has 1 fully saturated rings. The molecule has 0 unspecified atom stereocenters. The molecule has 0 aromatic heterocycles. The van der Waals surface area contributed by atoms with Crippen molar-refractivity contribution in [3.05, 3.63) is 35.8 Å². The number of ether oxygens (including phenoxy) is 4. The van der Waals surface area contributed by atoms with Gasteiger partial charge >= 0.3 is 5.97 Å². The van der Waals surface area contributed by atoms with Gasteiger partial charge in [0.05, 0.1) is 26.0 Å². The number of allylic oxidation sites excluding steroid dienone is 2. The molecule has 2 heterocycles. The topological polar surface area (TPSA) is 74.3 Å². The normalized spacial score (nSPS) is 21.5. The summed E-state index contributed by atoms with van der Waals surface area (Å²) >= 11 is 0. The fourth-order valence-electron chi connectivity index (χ4n) is 3.41. The molecule has 7 nitrogen and oxygen atoms in total. The first-order valence-corrected chi connectivity index (χ1v) is 9.62. The Bertz CT molecular complexity index is 685. The van der Waals surface area contributed by atoms with Crippen molar-refractivity contribution in [2.24, 2.45) is 0 Å². The molecule has 0 radical (unpaired) electrons. The van der Waals surface area contributed by atoms with Gasteiger partial charge in [-0.3, -0.25) is 4.79 Å². The van der Waals surface area contributed by atoms with Crippen LogP contribution in [-0.2, 0) is 28.5 Å². The zero-order chi connectivity index (χ0) is 20.9. The Morgan fingerprint density at radius 3 is 2.50 bits per heavy atom. The number of methoxy groups -OCH3 is 1. The SMILES string of the molecule is C=CC1=C(/C=C(\C)C(=O)OC)N(CCCC2(CC)OCCO2)C(=O)C(C)(C)O1. The minimum absolute atomic E-state index is 0.180. The summed E-state index contributed by atoms with van der Waals surface area (Å²) in [5, 5.41) is 0. The number of carbonyl (C=O) groups is 2. The predicted octanol–water partition coefficient (Wildman–Crippen LogP) is 3.07. The van der Waals surface area contributed by atoms with Crippen LogP contribution in [0.3, 0.4) is 0 Å². The lowest BCUT2D eigenvalue weighted by Gasteiger charge is -2.39. The molecule has 1 saturated heterocycles. The lowest BCUT2D eigenvalue weighted by atomic mass is 10.0. The van der Waals surface area contributed by atoms with E-state index in [1.165, 1.54) is 7.11 Å². The summed E-state index contributed by atoms with van der Waals surface area (Å²) in [6.45, 7) is 12.5. The molecular formula is C21H31NO6. The molecule has 1 amide bonds. The Kier molecular flexibility index (Phi) is 7.06. The Hall–Kier alpha value is -2.12. The third kappa shape index (κ3) is 4.64. The molecule has 0 atom stereocenters. The van der Waals surface area contributed by atoms with E-state index >= 15 is 0 Å². The van der Waals surface area contributed by atoms with Gasteiger partial charge in [-0.25, -0.2) is 4.79 Å². The Morgan fingerprint density at radius 2 is 1.96 bits per heavy atom. The van der Waals surface area contributed by atoms with Crippen molar-refractivity contribution >= 4 is 11.9 Å². The molecule has 2 aliphatic rings. The number of rotatable bonds is 8. The average molecular weight is 393 g/mol. The number of hydrogen-bond acceptors (Lipinski definition) is 6. The standard InChI is InChI=1S/C21H31NO6/c1-7-17-16(14-15(3)18(23)25-6)22(19(24)20(4,5)28-17)11-9-10-21(8-2)26-12-13-27-21/h7,14H,1,8-13H2,2-6H3/b15-14+. The van der Waals surface area contributed by atoms with E-state index in [0.717, 1.165) is 6.42 Å². The van der Waals surface area contributed by atoms with Crippen molar-refractivity contribution in [3.8, 4) is 0 Å². The van der Waals surface area contributed by atoms with E-state index in [0.29, 0.717) is 49.6 Å². The molecule has 2 rings (SSSR count). The Balaban J connectivity index is 2.28. The highest BCUT2D eigenvalue weighted by Gasteiger charge is 2.41. The summed E-state index contributed by atoms with van der Waals surface area (Å²) in [6.07, 6.45) is 5.25. The second-order valence-electron chi connectivity index (χ2n) is 7.41. The monoisotopic (exact) mass is 393 g/mol. The predicted molar refractivity (Wildman–Crippen MR) is 104 cm³/mol. The van der Waals surface area contributed by atoms with E-state index in [2.05, 4.69) is 6.58 Å². The van der Waals surface area contributed by atoms with E-state index < -0.39 is 17.4 Å². The molecule has 28 heavy (non-hydrogen) atoms. The van der Waals surface area contributed by atoms with Crippen LogP contribution in [0.1, 0.15) is 47.0 Å². The number of nitrogens with zero attached hydrogens (tertiary/aromatic N) is 1. The first-order valence-electron chi connectivity index (χ1n) is 9.62. The van der Waals surface area contributed by atoms with E-state index in [-0.39, 0.29) is 5.91 Å². The summed E-state index contributed by atoms with van der Waals surface area (Å²) in [5.41, 5.74) is -0.158. The van der Waals surface area contributed by atoms with Crippen LogP contribution in [0.4, 0.5) is 0 Å². The van der Waals surface area contributed by atoms with Gasteiger partial charge in [-0.15, -0.1) is 0 Å². The number of carbonyl (C=O) groups excluding carboxylic acids is 2. The third-order valence-corrected chi connectivity index (χ3v) is 5.01. The van der Waals surface area contributed by atoms with E-state index in [1.807, 2.05) is 6.92 Å². The van der Waals surface area contributed by atoms with Crippen LogP contribution in [0.25, 0.3) is 0 Å². The first-order chi connectivity index (χ1) is 13.2. The van der Waals surface area contributed by atoms with Gasteiger partial charge in [0, 0.05) is 18.5 Å². The van der Waals surface area contributed by atoms with Crippen LogP contribution < -0.4 is 0 Å². The van der Waals surface area contributed by atoms with Gasteiger partial charge in [0.15, 0.2) is 11.4 Å². The Morgan fingerprint density at radius 1 is 1.32 bits per heavy atom. The van der Waals surface area contributed by atoms with Gasteiger partial charge in [0.2, 0.25) is 0 Å².